The Balaban J connectivity index is 0.837. The third-order valence-electron chi connectivity index (χ3n) is 14.2. The molecule has 0 radical (unpaired) electrons. The maximum atomic E-state index is 14.4. The number of imide groups is 1. The minimum absolute atomic E-state index is 0.0830. The van der Waals surface area contributed by atoms with Crippen LogP contribution in [0.3, 0.4) is 0 Å². The zero-order valence-electron chi connectivity index (χ0n) is 35.0. The maximum absolute atomic E-state index is 14.4. The number of aromatic nitrogens is 4. The Morgan fingerprint density at radius 2 is 1.72 bits per heavy atom. The van der Waals surface area contributed by atoms with Gasteiger partial charge in [0.05, 0.1) is 27.6 Å². The van der Waals surface area contributed by atoms with E-state index in [4.69, 9.17) is 22.1 Å². The summed E-state index contributed by atoms with van der Waals surface area (Å²) < 4.78 is 7.60. The van der Waals surface area contributed by atoms with Crippen molar-refractivity contribution < 1.29 is 19.1 Å². The molecule has 1 spiro atoms. The summed E-state index contributed by atoms with van der Waals surface area (Å²) in [4.78, 5) is 66.7. The van der Waals surface area contributed by atoms with Crippen molar-refractivity contribution in [2.24, 2.45) is 27.9 Å². The highest BCUT2D eigenvalue weighted by Gasteiger charge is 2.68. The lowest BCUT2D eigenvalue weighted by atomic mass is 9.48. The molecule has 0 unspecified atom stereocenters. The summed E-state index contributed by atoms with van der Waals surface area (Å²) in [6, 6.07) is 14.8. The topological polar surface area (TPSA) is 184 Å². The van der Waals surface area contributed by atoms with E-state index in [1.54, 1.807) is 30.5 Å². The third kappa shape index (κ3) is 7.07. The van der Waals surface area contributed by atoms with Crippen LogP contribution in [-0.4, -0.2) is 105 Å². The number of likely N-dealkylation sites (tertiary alicyclic amines) is 2. The molecule has 2 aromatic heterocycles. The van der Waals surface area contributed by atoms with Gasteiger partial charge in [0.1, 0.15) is 35.3 Å². The number of halogens is 1. The molecule has 1 aliphatic carbocycles. The molecule has 9 rings (SSSR count). The Morgan fingerprint density at radius 3 is 2.39 bits per heavy atom. The van der Waals surface area contributed by atoms with Crippen LogP contribution in [0.5, 0.6) is 5.75 Å². The van der Waals surface area contributed by atoms with Crippen LogP contribution in [0.1, 0.15) is 81.8 Å². The molecule has 2 N–H and O–H groups in total. The quantitative estimate of drug-likeness (QED) is 0.227. The van der Waals surface area contributed by atoms with Gasteiger partial charge in [-0.2, -0.15) is 9.94 Å². The summed E-state index contributed by atoms with van der Waals surface area (Å²) in [5.41, 5.74) is 6.12. The number of fused-ring (bicyclic) bond motifs is 1. The van der Waals surface area contributed by atoms with Crippen LogP contribution in [0.25, 0.3) is 10.9 Å². The molecule has 5 fully saturated rings. The van der Waals surface area contributed by atoms with Crippen LogP contribution >= 0.6 is 11.6 Å². The van der Waals surface area contributed by atoms with E-state index in [0.717, 1.165) is 76.6 Å². The number of hydrogen-bond donors (Lipinski definition) is 1. The summed E-state index contributed by atoms with van der Waals surface area (Å²) in [5.74, 6) is 0.720. The van der Waals surface area contributed by atoms with Crippen LogP contribution in [0, 0.1) is 33.5 Å². The number of anilines is 2. The van der Waals surface area contributed by atoms with Gasteiger partial charge in [-0.05, 0) is 79.5 Å². The zero-order chi connectivity index (χ0) is 43.0. The van der Waals surface area contributed by atoms with Crippen LogP contribution in [0.2, 0.25) is 5.02 Å². The first-order valence-corrected chi connectivity index (χ1v) is 21.6. The number of amides is 3. The van der Waals surface area contributed by atoms with E-state index in [1.165, 1.54) is 9.58 Å². The minimum atomic E-state index is -0.982. The molecular formula is C45H51ClN10O5. The molecule has 4 aromatic rings. The van der Waals surface area contributed by atoms with Gasteiger partial charge in [0.25, 0.3) is 11.5 Å². The molecule has 0 bridgehead atoms. The first-order chi connectivity index (χ1) is 29.1. The number of carbonyl (C=O) groups excluding carboxylic acids is 3. The molecule has 6 heterocycles. The zero-order valence-corrected chi connectivity index (χ0v) is 35.8. The van der Waals surface area contributed by atoms with Gasteiger partial charge in [0.2, 0.25) is 11.8 Å². The van der Waals surface area contributed by atoms with Crippen molar-refractivity contribution in [1.82, 2.24) is 29.8 Å². The molecule has 1 saturated carbocycles. The van der Waals surface area contributed by atoms with Crippen molar-refractivity contribution in [3.8, 4) is 11.8 Å². The molecule has 2 atom stereocenters. The maximum Gasteiger partial charge on any atom is 0.278 e. The van der Waals surface area contributed by atoms with Gasteiger partial charge >= 0.3 is 0 Å². The van der Waals surface area contributed by atoms with Crippen molar-refractivity contribution in [3.05, 3.63) is 81.2 Å². The second-order valence-corrected chi connectivity index (χ2v) is 19.4. The van der Waals surface area contributed by atoms with Gasteiger partial charge in [-0.3, -0.25) is 24.1 Å². The van der Waals surface area contributed by atoms with Crippen molar-refractivity contribution in [2.45, 2.75) is 78.0 Å². The number of rotatable bonds is 9. The van der Waals surface area contributed by atoms with E-state index in [1.807, 2.05) is 52.0 Å². The largest absolute Gasteiger partial charge is 0.489 e. The predicted molar refractivity (Wildman–Crippen MR) is 229 cm³/mol. The van der Waals surface area contributed by atoms with E-state index in [-0.39, 0.29) is 23.8 Å². The number of hydrogen-bond acceptors (Lipinski definition) is 12. The lowest BCUT2D eigenvalue weighted by Crippen LogP contribution is -2.77. The Hall–Kier alpha value is -5.59. The minimum Gasteiger partial charge on any atom is -0.489 e. The number of primary amides is 1. The molecule has 4 aliphatic heterocycles. The Bertz CT molecular complexity index is 2500. The molecule has 2 aromatic carbocycles. The summed E-state index contributed by atoms with van der Waals surface area (Å²) in [5, 5.41) is 18.6. The average Bonchev–Trinajstić information content (AvgIpc) is 3.70. The van der Waals surface area contributed by atoms with Gasteiger partial charge in [-0.15, -0.1) is 5.10 Å². The average molecular weight is 847 g/mol. The van der Waals surface area contributed by atoms with Crippen molar-refractivity contribution in [1.29, 1.82) is 5.26 Å². The lowest BCUT2D eigenvalue weighted by Gasteiger charge is -2.65. The van der Waals surface area contributed by atoms with Gasteiger partial charge in [-0.25, -0.2) is 4.98 Å². The normalized spacial score (nSPS) is 25.6. The van der Waals surface area contributed by atoms with E-state index in [0.29, 0.717) is 39.1 Å². The molecule has 4 saturated heterocycles. The Kier molecular flexibility index (Phi) is 10.1. The molecule has 15 nitrogen and oxygen atoms in total. The molecule has 3 amide bonds. The number of carbonyl (C=O) groups is 3. The number of piperidine rings is 2. The fourth-order valence-corrected chi connectivity index (χ4v) is 11.7. The molecule has 5 aliphatic rings. The standard InChI is InChI=1S/C45H51ClN10O5/c1-43(2)41(44(3,4)42(43)61-31-8-5-28(21-47)33(46)20-31)55-37(57)12-10-35(40(55)60)56-39(59)32-19-30(7-9-34(32)50-51-56)53-17-14-45(15-18-53)25-52(26-45)23-27-13-16-54(24-27)36-11-6-29(22-49-36)38(48)58/h5-9,11,19-20,22,27,35,41-42H,10,12-18,23-26H2,1-4H3,(H2,48,58)/t27-,35-,41?,42?/m0/s1. The lowest BCUT2D eigenvalue weighted by molar-refractivity contribution is -0.216. The van der Waals surface area contributed by atoms with Crippen molar-refractivity contribution >= 4 is 51.7 Å². The van der Waals surface area contributed by atoms with Gasteiger partial charge in [-0.1, -0.05) is 44.5 Å². The highest BCUT2D eigenvalue weighted by atomic mass is 35.5. The first-order valence-electron chi connectivity index (χ1n) is 21.2. The predicted octanol–water partition coefficient (Wildman–Crippen LogP) is 4.81. The third-order valence-corrected chi connectivity index (χ3v) is 14.5. The second kappa shape index (κ2) is 15.1. The van der Waals surface area contributed by atoms with Gasteiger partial charge < -0.3 is 25.2 Å². The fourth-order valence-electron chi connectivity index (χ4n) is 11.5. The summed E-state index contributed by atoms with van der Waals surface area (Å²) in [7, 11) is 0. The number of nitriles is 1. The van der Waals surface area contributed by atoms with E-state index < -0.39 is 46.4 Å². The Morgan fingerprint density at radius 1 is 0.967 bits per heavy atom. The monoisotopic (exact) mass is 846 g/mol. The van der Waals surface area contributed by atoms with Gasteiger partial charge in [0, 0.05) is 81.0 Å². The van der Waals surface area contributed by atoms with Crippen LogP contribution in [0.15, 0.2) is 59.5 Å². The molecule has 61 heavy (non-hydrogen) atoms. The van der Waals surface area contributed by atoms with E-state index >= 15 is 0 Å². The highest BCUT2D eigenvalue weighted by molar-refractivity contribution is 6.31. The fraction of sp³-hybridized carbons (Fsp3) is 0.511. The SMILES string of the molecule is CC1(C)C(Oc2ccc(C#N)c(Cl)c2)C(C)(C)C1N1C(=O)CC[C@H](n2nnc3ccc(N4CCC5(CC4)CN(C[C@@H]4CCN(c6ccc(C(N)=O)cn6)C4)C5)cc3c2=O)C1=O. The van der Waals surface area contributed by atoms with Crippen molar-refractivity contribution in [2.75, 3.05) is 55.6 Å². The van der Waals surface area contributed by atoms with Crippen molar-refractivity contribution in [3.63, 3.8) is 0 Å². The number of benzene rings is 2. The summed E-state index contributed by atoms with van der Waals surface area (Å²) in [6.07, 6.45) is 4.63. The highest BCUT2D eigenvalue weighted by Crippen LogP contribution is 2.59. The van der Waals surface area contributed by atoms with Crippen LogP contribution < -0.4 is 25.8 Å². The molecular weight excluding hydrogens is 796 g/mol. The van der Waals surface area contributed by atoms with Gasteiger partial charge in [0.15, 0.2) is 0 Å². The Labute approximate surface area is 359 Å². The van der Waals surface area contributed by atoms with E-state index in [9.17, 15) is 24.4 Å². The molecule has 16 heteroatoms. The van der Waals surface area contributed by atoms with E-state index in [2.05, 4.69) is 36.1 Å². The number of nitrogens with zero attached hydrogens (tertiary/aromatic N) is 9. The summed E-state index contributed by atoms with van der Waals surface area (Å²) in [6.45, 7) is 14.8. The number of pyridine rings is 1. The number of nitrogens with two attached hydrogens (primary N) is 1. The first kappa shape index (κ1) is 40.8. The van der Waals surface area contributed by atoms with Crippen LogP contribution in [0.4, 0.5) is 11.5 Å². The number of ether oxygens (including phenoxy) is 1. The second-order valence-electron chi connectivity index (χ2n) is 19.0. The summed E-state index contributed by atoms with van der Waals surface area (Å²) >= 11 is 6.29. The van der Waals surface area contributed by atoms with Crippen LogP contribution in [-0.2, 0) is 9.59 Å². The smallest absolute Gasteiger partial charge is 0.278 e. The molecule has 318 valence electrons.